The van der Waals surface area contributed by atoms with E-state index in [1.807, 2.05) is 36.7 Å². The van der Waals surface area contributed by atoms with Crippen LogP contribution in [0.5, 0.6) is 11.5 Å². The number of nitrogens with one attached hydrogen (secondary N) is 2. The van der Waals surface area contributed by atoms with Crippen LogP contribution in [0, 0.1) is 23.7 Å². The number of ether oxygens (including phenoxy) is 2. The zero-order chi connectivity index (χ0) is 51.5. The molecule has 10 nitrogen and oxygen atoms in total. The van der Waals surface area contributed by atoms with Gasteiger partial charge in [0.2, 0.25) is 0 Å². The Morgan fingerprint density at radius 3 is 2.27 bits per heavy atom. The van der Waals surface area contributed by atoms with Crippen LogP contribution in [0.1, 0.15) is 80.7 Å². The minimum Gasteiger partial charge on any atom is -0.457 e. The molecule has 1 spiro atoms. The number of benzene rings is 4. The van der Waals surface area contributed by atoms with Crippen LogP contribution in [0.3, 0.4) is 0 Å². The zero-order valence-corrected chi connectivity index (χ0v) is 46.1. The molecule has 12 heteroatoms. The smallest absolute Gasteiger partial charge is 0.153 e. The number of aromatic nitrogens is 1. The van der Waals surface area contributed by atoms with E-state index in [0.717, 1.165) is 91.5 Å². The van der Waals surface area contributed by atoms with Gasteiger partial charge in [-0.15, -0.1) is 0 Å². The van der Waals surface area contributed by atoms with E-state index in [4.69, 9.17) is 37.7 Å². The second-order valence-electron chi connectivity index (χ2n) is 23.1. The minimum atomic E-state index is -0.774. The standard InChI is InChI=1S/C62H77Cl2N7O3/c1-8-61-56-30-46(28-42-14-10-9-11-15-42)58(61)68(5)39(2)33-66-55-32-50(29-43-16-21-48(63)22-17-43)69(6)59-53(38-73-7)67-57(62(55,59)60(61)72)41(4)71(56)37-45-18-23-49(64)31-54(45)74-51-24-19-44(20-25-51)52-35-65-34-47(40(52)3)36-70-26-12-13-27-70/h9-11,14-25,31,34-35,39,41,46,50,53,55-59,66-67H,8,12-13,26-30,32-33,36-38H2,1-7H3/t39-,41-,46+,50-,53+,55?,56?,57?,58?,59?,61?,62?/m0/s1. The van der Waals surface area contributed by atoms with Crippen molar-refractivity contribution >= 4 is 29.0 Å². The van der Waals surface area contributed by atoms with E-state index in [-0.39, 0.29) is 60.3 Å². The largest absolute Gasteiger partial charge is 0.457 e. The highest BCUT2D eigenvalue weighted by Crippen LogP contribution is 2.63. The lowest BCUT2D eigenvalue weighted by atomic mass is 9.54. The fourth-order valence-electron chi connectivity index (χ4n) is 15.8. The number of piperidine rings is 1. The summed E-state index contributed by atoms with van der Waals surface area (Å²) in [7, 11) is 6.42. The van der Waals surface area contributed by atoms with Crippen molar-refractivity contribution in [3.63, 3.8) is 0 Å². The van der Waals surface area contributed by atoms with Crippen LogP contribution in [0.2, 0.25) is 10.0 Å². The van der Waals surface area contributed by atoms with Gasteiger partial charge in [-0.1, -0.05) is 90.8 Å². The minimum absolute atomic E-state index is 0.00186. The number of likely N-dealkylation sites (N-methyl/N-ethyl adjacent to an activating group) is 2. The van der Waals surface area contributed by atoms with Crippen molar-refractivity contribution in [2.75, 3.05) is 47.4 Å². The number of methoxy groups -OCH3 is 1. The predicted octanol–water partition coefficient (Wildman–Crippen LogP) is 10.5. The molecule has 5 aromatic rings. The van der Waals surface area contributed by atoms with Gasteiger partial charge >= 0.3 is 0 Å². The molecule has 2 N–H and O–H groups in total. The van der Waals surface area contributed by atoms with Crippen LogP contribution in [0.25, 0.3) is 11.1 Å². The lowest BCUT2D eigenvalue weighted by molar-refractivity contribution is -0.154. The SMILES string of the molecule is CCC12C(=O)C34C5C[C@H](Cc6ccc(Cl)cc6)N(C)C3[C@@H](COC)NC4[C@H](C)N(Cc3ccc(Cl)cc3Oc3ccc(-c4cncc(CN6CCCC6)c4C)cc3)C1C[C@@H](Cc1ccccc1)C2N(C)[C@@H](C)CN5. The van der Waals surface area contributed by atoms with Crippen molar-refractivity contribution in [3.05, 3.63) is 147 Å². The molecule has 11 rings (SSSR count). The van der Waals surface area contributed by atoms with Gasteiger partial charge in [-0.25, -0.2) is 0 Å². The molecule has 6 heterocycles. The molecule has 1 aliphatic carbocycles. The summed E-state index contributed by atoms with van der Waals surface area (Å²) in [6.07, 6.45) is 10.8. The average molecular weight is 1040 g/mol. The maximum absolute atomic E-state index is 17.5. The summed E-state index contributed by atoms with van der Waals surface area (Å²) in [4.78, 5) is 32.7. The highest BCUT2D eigenvalue weighted by Gasteiger charge is 2.77. The van der Waals surface area contributed by atoms with Crippen molar-refractivity contribution < 1.29 is 14.3 Å². The molecule has 4 aromatic carbocycles. The summed E-state index contributed by atoms with van der Waals surface area (Å²) in [5, 5.41) is 9.86. The molecule has 392 valence electrons. The lowest BCUT2D eigenvalue weighted by Gasteiger charge is -2.57. The van der Waals surface area contributed by atoms with E-state index in [1.165, 1.54) is 35.1 Å². The van der Waals surface area contributed by atoms with Crippen molar-refractivity contribution in [2.24, 2.45) is 16.7 Å². The van der Waals surface area contributed by atoms with Gasteiger partial charge in [-0.2, -0.15) is 0 Å². The number of hydrogen-bond donors (Lipinski definition) is 2. The molecule has 74 heavy (non-hydrogen) atoms. The number of pyridine rings is 1. The summed E-state index contributed by atoms with van der Waals surface area (Å²) in [5.41, 5.74) is 6.97. The molecule has 6 fully saturated rings. The van der Waals surface area contributed by atoms with Crippen LogP contribution in [0.15, 0.2) is 109 Å². The molecular formula is C62H77Cl2N7O3. The number of Topliss-reactive ketones (excluding diaryl/α,β-unsaturated/α-hetero) is 1. The molecule has 0 amide bonds. The summed E-state index contributed by atoms with van der Waals surface area (Å²) in [6.45, 7) is 14.5. The van der Waals surface area contributed by atoms with E-state index in [9.17, 15) is 0 Å². The molecule has 0 radical (unpaired) electrons. The first kappa shape index (κ1) is 51.9. The fourth-order valence-corrected chi connectivity index (χ4v) is 16.0. The second-order valence-corrected chi connectivity index (χ2v) is 23.9. The highest BCUT2D eigenvalue weighted by atomic mass is 35.5. The Morgan fingerprint density at radius 1 is 0.811 bits per heavy atom. The van der Waals surface area contributed by atoms with Gasteiger partial charge in [-0.3, -0.25) is 29.4 Å². The number of carbonyl (C=O) groups is 1. The number of carbonyl (C=O) groups excluding carboxylic acids is 1. The van der Waals surface area contributed by atoms with E-state index in [1.54, 1.807) is 7.11 Å². The molecule has 2 bridgehead atoms. The first-order valence-electron chi connectivity index (χ1n) is 27.6. The Balaban J connectivity index is 1.00. The summed E-state index contributed by atoms with van der Waals surface area (Å²) in [6, 6.07) is 33.7. The number of likely N-dealkylation sites (tertiary alicyclic amines) is 3. The molecule has 12 atom stereocenters. The van der Waals surface area contributed by atoms with Crippen LogP contribution in [-0.4, -0.2) is 132 Å². The third kappa shape index (κ3) is 9.05. The Bertz CT molecular complexity index is 2780. The van der Waals surface area contributed by atoms with Gasteiger partial charge in [0.1, 0.15) is 11.5 Å². The lowest BCUT2D eigenvalue weighted by Crippen LogP contribution is -2.73. The second kappa shape index (κ2) is 21.3. The number of nitrogens with zero attached hydrogens (tertiary/aromatic N) is 5. The van der Waals surface area contributed by atoms with E-state index >= 15 is 4.79 Å². The summed E-state index contributed by atoms with van der Waals surface area (Å²) in [5.74, 6) is 2.14. The van der Waals surface area contributed by atoms with Crippen molar-refractivity contribution in [1.29, 1.82) is 0 Å². The molecular weight excluding hydrogens is 962 g/mol. The van der Waals surface area contributed by atoms with Crippen LogP contribution >= 0.6 is 23.2 Å². The van der Waals surface area contributed by atoms with Crippen LogP contribution in [0.4, 0.5) is 0 Å². The van der Waals surface area contributed by atoms with Gasteiger partial charge in [0, 0.05) is 115 Å². The van der Waals surface area contributed by atoms with E-state index < -0.39 is 10.8 Å². The Kier molecular flexibility index (Phi) is 14.9. The predicted molar refractivity (Wildman–Crippen MR) is 298 cm³/mol. The number of halogens is 2. The van der Waals surface area contributed by atoms with Gasteiger partial charge in [0.25, 0.3) is 0 Å². The molecule has 1 aromatic heterocycles. The highest BCUT2D eigenvalue weighted by molar-refractivity contribution is 6.31. The maximum Gasteiger partial charge on any atom is 0.153 e. The van der Waals surface area contributed by atoms with Crippen LogP contribution in [-0.2, 0) is 35.5 Å². The van der Waals surface area contributed by atoms with Gasteiger partial charge in [-0.05, 0) is 163 Å². The zero-order valence-electron chi connectivity index (χ0n) is 44.6. The number of hydrogen-bond acceptors (Lipinski definition) is 10. The number of rotatable bonds is 14. The van der Waals surface area contributed by atoms with E-state index in [0.29, 0.717) is 24.0 Å². The monoisotopic (exact) mass is 1040 g/mol. The van der Waals surface area contributed by atoms with Crippen molar-refractivity contribution in [1.82, 2.24) is 35.2 Å². The van der Waals surface area contributed by atoms with Gasteiger partial charge < -0.3 is 20.1 Å². The van der Waals surface area contributed by atoms with Gasteiger partial charge in [0.15, 0.2) is 5.78 Å². The maximum atomic E-state index is 17.5. The van der Waals surface area contributed by atoms with Crippen molar-refractivity contribution in [2.45, 2.75) is 140 Å². The normalized spacial score (nSPS) is 32.5. The third-order valence-electron chi connectivity index (χ3n) is 19.3. The van der Waals surface area contributed by atoms with Crippen molar-refractivity contribution in [3.8, 4) is 22.6 Å². The third-order valence-corrected chi connectivity index (χ3v) is 19.8. The molecule has 5 saturated heterocycles. The Morgan fingerprint density at radius 2 is 1.54 bits per heavy atom. The molecule has 6 aliphatic rings. The summed E-state index contributed by atoms with van der Waals surface area (Å²) >= 11 is 13.3. The summed E-state index contributed by atoms with van der Waals surface area (Å²) < 4.78 is 13.1. The first-order valence-corrected chi connectivity index (χ1v) is 28.3. The quantitative estimate of drug-likeness (QED) is 0.112. The molecule has 7 unspecified atom stereocenters. The fraction of sp³-hybridized carbons (Fsp3) is 0.516. The molecule has 1 saturated carbocycles. The van der Waals surface area contributed by atoms with E-state index in [2.05, 4.69) is 145 Å². The number of ketones is 1. The van der Waals surface area contributed by atoms with Crippen LogP contribution < -0.4 is 15.4 Å². The topological polar surface area (TPSA) is 85.4 Å². The average Bonchev–Trinajstić information content (AvgIpc) is 4.19. The Labute approximate surface area is 450 Å². The first-order chi connectivity index (χ1) is 35.8. The molecule has 5 aliphatic heterocycles. The van der Waals surface area contributed by atoms with Gasteiger partial charge in [0.05, 0.1) is 17.4 Å². The Hall–Kier alpha value is -4.20.